The van der Waals surface area contributed by atoms with E-state index in [0.29, 0.717) is 12.1 Å². The van der Waals surface area contributed by atoms with Crippen molar-refractivity contribution in [2.24, 2.45) is 11.7 Å². The summed E-state index contributed by atoms with van der Waals surface area (Å²) in [5.41, 5.74) is 6.49. The van der Waals surface area contributed by atoms with Crippen LogP contribution in [0.15, 0.2) is 29.2 Å². The molecule has 0 heterocycles. The molecule has 0 aromatic heterocycles. The van der Waals surface area contributed by atoms with Crippen LogP contribution in [0.1, 0.15) is 25.7 Å². The highest BCUT2D eigenvalue weighted by Crippen LogP contribution is 2.24. The second-order valence-corrected chi connectivity index (χ2v) is 7.43. The lowest BCUT2D eigenvalue weighted by Crippen LogP contribution is -2.34. The van der Waals surface area contributed by atoms with Crippen LogP contribution in [0.4, 0.5) is 5.69 Å². The third-order valence-corrected chi connectivity index (χ3v) is 4.76. The molecule has 1 amide bonds. The Morgan fingerprint density at radius 3 is 2.45 bits per heavy atom. The first-order valence-electron chi connectivity index (χ1n) is 6.73. The van der Waals surface area contributed by atoms with Gasteiger partial charge in [-0.3, -0.25) is 4.79 Å². The molecule has 1 aliphatic rings. The van der Waals surface area contributed by atoms with Crippen molar-refractivity contribution < 1.29 is 13.2 Å². The zero-order chi connectivity index (χ0) is 14.8. The molecule has 6 heteroatoms. The predicted molar refractivity (Wildman–Crippen MR) is 78.1 cm³/mol. The molecule has 3 N–H and O–H groups in total. The molecule has 5 nitrogen and oxygen atoms in total. The fraction of sp³-hybridized carbons (Fsp3) is 0.500. The molecule has 1 aromatic carbocycles. The van der Waals surface area contributed by atoms with Gasteiger partial charge in [-0.05, 0) is 43.5 Å². The molecule has 0 spiro atoms. The number of amides is 1. The standard InChI is InChI=1S/C14H20N2O3S/c1-20(18,19)13-7-5-12(6-8-13)16-14(17)10-3-2-4-11(15)9-10/h5-8,10-11H,2-4,9,15H2,1H3,(H,16,17). The topological polar surface area (TPSA) is 89.3 Å². The number of hydrogen-bond acceptors (Lipinski definition) is 4. The Labute approximate surface area is 119 Å². The fourth-order valence-corrected chi connectivity index (χ4v) is 3.13. The van der Waals surface area contributed by atoms with Crippen molar-refractivity contribution in [2.75, 3.05) is 11.6 Å². The van der Waals surface area contributed by atoms with Crippen LogP contribution in [0, 0.1) is 5.92 Å². The molecule has 0 bridgehead atoms. The first-order chi connectivity index (χ1) is 9.36. The van der Waals surface area contributed by atoms with E-state index >= 15 is 0 Å². The molecule has 0 saturated heterocycles. The van der Waals surface area contributed by atoms with Crippen molar-refractivity contribution in [3.8, 4) is 0 Å². The summed E-state index contributed by atoms with van der Waals surface area (Å²) in [6.45, 7) is 0. The van der Waals surface area contributed by atoms with Gasteiger partial charge in [0.15, 0.2) is 9.84 Å². The Bertz CT molecular complexity index is 581. The molecule has 0 aliphatic heterocycles. The molecule has 2 atom stereocenters. The van der Waals surface area contributed by atoms with Crippen molar-refractivity contribution in [1.29, 1.82) is 0 Å². The Balaban J connectivity index is 2.01. The number of benzene rings is 1. The highest BCUT2D eigenvalue weighted by Gasteiger charge is 2.25. The number of sulfone groups is 1. The number of carbonyl (C=O) groups excluding carboxylic acids is 1. The Morgan fingerprint density at radius 2 is 1.90 bits per heavy atom. The van der Waals surface area contributed by atoms with Crippen LogP contribution >= 0.6 is 0 Å². The number of nitrogens with two attached hydrogens (primary N) is 1. The molecule has 1 fully saturated rings. The van der Waals surface area contributed by atoms with Gasteiger partial charge >= 0.3 is 0 Å². The maximum Gasteiger partial charge on any atom is 0.227 e. The van der Waals surface area contributed by atoms with Gasteiger partial charge in [0.1, 0.15) is 0 Å². The van der Waals surface area contributed by atoms with E-state index in [9.17, 15) is 13.2 Å². The van der Waals surface area contributed by atoms with Gasteiger partial charge in [-0.15, -0.1) is 0 Å². The van der Waals surface area contributed by atoms with Gasteiger partial charge in [-0.2, -0.15) is 0 Å². The van der Waals surface area contributed by atoms with E-state index in [4.69, 9.17) is 5.73 Å². The van der Waals surface area contributed by atoms with E-state index in [1.165, 1.54) is 12.1 Å². The van der Waals surface area contributed by atoms with Crippen molar-refractivity contribution in [3.05, 3.63) is 24.3 Å². The molecule has 1 aromatic rings. The zero-order valence-electron chi connectivity index (χ0n) is 11.5. The van der Waals surface area contributed by atoms with Crippen LogP contribution in [0.25, 0.3) is 0 Å². The minimum Gasteiger partial charge on any atom is -0.328 e. The normalized spacial score (nSPS) is 23.3. The number of nitrogens with one attached hydrogen (secondary N) is 1. The average Bonchev–Trinajstić information content (AvgIpc) is 2.38. The second-order valence-electron chi connectivity index (χ2n) is 5.41. The second kappa shape index (κ2) is 5.93. The zero-order valence-corrected chi connectivity index (χ0v) is 12.3. The Kier molecular flexibility index (Phi) is 4.45. The highest BCUT2D eigenvalue weighted by molar-refractivity contribution is 7.90. The quantitative estimate of drug-likeness (QED) is 0.885. The monoisotopic (exact) mass is 296 g/mol. The lowest BCUT2D eigenvalue weighted by atomic mass is 9.85. The molecule has 0 radical (unpaired) electrons. The predicted octanol–water partition coefficient (Wildman–Crippen LogP) is 1.55. The number of hydrogen-bond donors (Lipinski definition) is 2. The summed E-state index contributed by atoms with van der Waals surface area (Å²) >= 11 is 0. The summed E-state index contributed by atoms with van der Waals surface area (Å²) in [6, 6.07) is 6.32. The van der Waals surface area contributed by atoms with Crippen LogP contribution in [0.3, 0.4) is 0 Å². The fourth-order valence-electron chi connectivity index (χ4n) is 2.50. The van der Waals surface area contributed by atoms with Gasteiger partial charge in [0.25, 0.3) is 0 Å². The number of anilines is 1. The van der Waals surface area contributed by atoms with Gasteiger partial charge < -0.3 is 11.1 Å². The summed E-state index contributed by atoms with van der Waals surface area (Å²) < 4.78 is 22.7. The summed E-state index contributed by atoms with van der Waals surface area (Å²) in [5, 5.41) is 2.82. The number of rotatable bonds is 3. The molecule has 20 heavy (non-hydrogen) atoms. The Hall–Kier alpha value is -1.40. The maximum atomic E-state index is 12.1. The average molecular weight is 296 g/mol. The molecule has 1 saturated carbocycles. The molecule has 2 rings (SSSR count). The van der Waals surface area contributed by atoms with E-state index < -0.39 is 9.84 Å². The summed E-state index contributed by atoms with van der Waals surface area (Å²) in [4.78, 5) is 12.4. The van der Waals surface area contributed by atoms with Crippen molar-refractivity contribution in [1.82, 2.24) is 0 Å². The molecule has 1 aliphatic carbocycles. The van der Waals surface area contributed by atoms with Crippen LogP contribution in [-0.4, -0.2) is 26.6 Å². The SMILES string of the molecule is CS(=O)(=O)c1ccc(NC(=O)C2CCCC(N)C2)cc1. The van der Waals surface area contributed by atoms with Crippen LogP contribution < -0.4 is 11.1 Å². The third kappa shape index (κ3) is 3.80. The van der Waals surface area contributed by atoms with E-state index in [-0.39, 0.29) is 22.8 Å². The first-order valence-corrected chi connectivity index (χ1v) is 8.62. The van der Waals surface area contributed by atoms with Crippen LogP contribution in [0.5, 0.6) is 0 Å². The summed E-state index contributed by atoms with van der Waals surface area (Å²) in [5.74, 6) is -0.0828. The van der Waals surface area contributed by atoms with Crippen LogP contribution in [0.2, 0.25) is 0 Å². The lowest BCUT2D eigenvalue weighted by molar-refractivity contribution is -0.120. The van der Waals surface area contributed by atoms with Crippen molar-refractivity contribution >= 4 is 21.4 Å². The summed E-state index contributed by atoms with van der Waals surface area (Å²) in [7, 11) is -3.21. The van der Waals surface area contributed by atoms with Gasteiger partial charge in [0.05, 0.1) is 4.90 Å². The Morgan fingerprint density at radius 1 is 1.25 bits per heavy atom. The maximum absolute atomic E-state index is 12.1. The third-order valence-electron chi connectivity index (χ3n) is 3.64. The highest BCUT2D eigenvalue weighted by atomic mass is 32.2. The lowest BCUT2D eigenvalue weighted by Gasteiger charge is -2.25. The first kappa shape index (κ1) is 15.0. The minimum absolute atomic E-state index is 0.0349. The van der Waals surface area contributed by atoms with Crippen molar-refractivity contribution in [2.45, 2.75) is 36.6 Å². The van der Waals surface area contributed by atoms with Crippen molar-refractivity contribution in [3.63, 3.8) is 0 Å². The van der Waals surface area contributed by atoms with E-state index in [1.807, 2.05) is 0 Å². The molecule has 2 unspecified atom stereocenters. The van der Waals surface area contributed by atoms with Crippen LogP contribution in [-0.2, 0) is 14.6 Å². The number of carbonyl (C=O) groups is 1. The van der Waals surface area contributed by atoms with E-state index in [2.05, 4.69) is 5.32 Å². The molecular weight excluding hydrogens is 276 g/mol. The minimum atomic E-state index is -3.21. The van der Waals surface area contributed by atoms with Gasteiger partial charge in [0.2, 0.25) is 5.91 Å². The largest absolute Gasteiger partial charge is 0.328 e. The van der Waals surface area contributed by atoms with Gasteiger partial charge in [-0.1, -0.05) is 6.42 Å². The van der Waals surface area contributed by atoms with E-state index in [1.54, 1.807) is 12.1 Å². The molecule has 110 valence electrons. The van der Waals surface area contributed by atoms with Gasteiger partial charge in [0, 0.05) is 23.9 Å². The summed E-state index contributed by atoms with van der Waals surface area (Å²) in [6.07, 6.45) is 4.69. The smallest absolute Gasteiger partial charge is 0.227 e. The molecular formula is C14H20N2O3S. The van der Waals surface area contributed by atoms with E-state index in [0.717, 1.165) is 25.5 Å². The van der Waals surface area contributed by atoms with Gasteiger partial charge in [-0.25, -0.2) is 8.42 Å².